The van der Waals surface area contributed by atoms with Crippen molar-refractivity contribution < 1.29 is 4.79 Å². The lowest BCUT2D eigenvalue weighted by Crippen LogP contribution is -2.45. The van der Waals surface area contributed by atoms with Crippen LogP contribution in [-0.2, 0) is 17.8 Å². The van der Waals surface area contributed by atoms with E-state index in [9.17, 15) is 4.79 Å². The molecule has 126 valence electrons. The Hall–Kier alpha value is -2.21. The number of hydrogen-bond acceptors (Lipinski definition) is 4. The summed E-state index contributed by atoms with van der Waals surface area (Å²) in [4.78, 5) is 21.2. The maximum Gasteiger partial charge on any atom is 0.241 e. The minimum absolute atomic E-state index is 0.215. The van der Waals surface area contributed by atoms with Gasteiger partial charge < -0.3 is 4.90 Å². The number of amides is 1. The number of benzene rings is 1. The molecule has 0 spiro atoms. The van der Waals surface area contributed by atoms with Gasteiger partial charge in [0.1, 0.15) is 12.7 Å². The molecule has 24 heavy (non-hydrogen) atoms. The Morgan fingerprint density at radius 2 is 2.12 bits per heavy atom. The largest absolute Gasteiger partial charge is 0.311 e. The summed E-state index contributed by atoms with van der Waals surface area (Å²) in [5.41, 5.74) is 2.39. The predicted molar refractivity (Wildman–Crippen MR) is 91.7 cm³/mol. The van der Waals surface area contributed by atoms with E-state index in [1.807, 2.05) is 15.6 Å². The van der Waals surface area contributed by atoms with Crippen molar-refractivity contribution in [3.8, 4) is 0 Å². The highest BCUT2D eigenvalue weighted by Crippen LogP contribution is 2.27. The van der Waals surface area contributed by atoms with Gasteiger partial charge in [0, 0.05) is 18.3 Å². The van der Waals surface area contributed by atoms with Crippen LogP contribution in [0, 0.1) is 0 Å². The van der Waals surface area contributed by atoms with E-state index < -0.39 is 0 Å². The molecule has 6 heteroatoms. The summed E-state index contributed by atoms with van der Waals surface area (Å²) in [5, 5.41) is 4.20. The Bertz CT molecular complexity index is 699. The summed E-state index contributed by atoms with van der Waals surface area (Å²) in [6.07, 6.45) is 7.69. The Balaban J connectivity index is 1.44. The van der Waals surface area contributed by atoms with Crippen LogP contribution in [0.4, 0.5) is 5.69 Å². The molecule has 4 rings (SSSR count). The van der Waals surface area contributed by atoms with E-state index in [0.717, 1.165) is 51.0 Å². The number of rotatable bonds is 4. The highest BCUT2D eigenvalue weighted by Gasteiger charge is 2.30. The fourth-order valence-corrected chi connectivity index (χ4v) is 3.90. The van der Waals surface area contributed by atoms with Crippen LogP contribution in [0.15, 0.2) is 36.9 Å². The van der Waals surface area contributed by atoms with Crippen LogP contribution in [0.3, 0.4) is 0 Å². The fraction of sp³-hybridized carbons (Fsp3) is 0.500. The first-order valence-electron chi connectivity index (χ1n) is 8.76. The third-order valence-corrected chi connectivity index (χ3v) is 5.11. The van der Waals surface area contributed by atoms with Crippen LogP contribution < -0.4 is 4.90 Å². The summed E-state index contributed by atoms with van der Waals surface area (Å²) in [6, 6.07) is 8.66. The van der Waals surface area contributed by atoms with E-state index in [0.29, 0.717) is 12.6 Å². The van der Waals surface area contributed by atoms with Crippen molar-refractivity contribution >= 4 is 11.6 Å². The molecule has 0 aliphatic carbocycles. The third kappa shape index (κ3) is 3.06. The van der Waals surface area contributed by atoms with E-state index in [2.05, 4.69) is 33.2 Å². The van der Waals surface area contributed by atoms with Crippen molar-refractivity contribution in [2.24, 2.45) is 0 Å². The van der Waals surface area contributed by atoms with Gasteiger partial charge in [-0.15, -0.1) is 0 Å². The summed E-state index contributed by atoms with van der Waals surface area (Å²) in [5.74, 6) is 0.215. The zero-order valence-electron chi connectivity index (χ0n) is 13.8. The minimum atomic E-state index is 0.215. The second-order valence-electron chi connectivity index (χ2n) is 6.66. The van der Waals surface area contributed by atoms with Crippen LogP contribution in [0.5, 0.6) is 0 Å². The number of hydrogen-bond donors (Lipinski definition) is 0. The van der Waals surface area contributed by atoms with Gasteiger partial charge in [0.25, 0.3) is 0 Å². The van der Waals surface area contributed by atoms with E-state index in [-0.39, 0.29) is 5.91 Å². The van der Waals surface area contributed by atoms with Crippen molar-refractivity contribution in [1.82, 2.24) is 19.7 Å². The van der Waals surface area contributed by atoms with Crippen LogP contribution >= 0.6 is 0 Å². The lowest BCUT2D eigenvalue weighted by Gasteiger charge is -2.32. The lowest BCUT2D eigenvalue weighted by atomic mass is 10.0. The summed E-state index contributed by atoms with van der Waals surface area (Å²) >= 11 is 0. The van der Waals surface area contributed by atoms with Gasteiger partial charge in [0.2, 0.25) is 5.91 Å². The first-order valence-corrected chi connectivity index (χ1v) is 8.76. The van der Waals surface area contributed by atoms with Gasteiger partial charge in [-0.2, -0.15) is 5.10 Å². The fourth-order valence-electron chi connectivity index (χ4n) is 3.90. The van der Waals surface area contributed by atoms with Crippen molar-refractivity contribution in [2.75, 3.05) is 24.5 Å². The van der Waals surface area contributed by atoms with Gasteiger partial charge in [-0.05, 0) is 43.9 Å². The normalized spacial score (nSPS) is 21.0. The highest BCUT2D eigenvalue weighted by molar-refractivity contribution is 5.96. The Kier molecular flexibility index (Phi) is 4.30. The Labute approximate surface area is 142 Å². The Morgan fingerprint density at radius 3 is 3.00 bits per heavy atom. The quantitative estimate of drug-likeness (QED) is 0.859. The number of aryl methyl sites for hydroxylation is 1. The monoisotopic (exact) mass is 325 g/mol. The van der Waals surface area contributed by atoms with Crippen molar-refractivity contribution in [3.05, 3.63) is 42.5 Å². The number of likely N-dealkylation sites (tertiary alicyclic amines) is 1. The van der Waals surface area contributed by atoms with E-state index in [1.165, 1.54) is 5.56 Å². The molecule has 6 nitrogen and oxygen atoms in total. The van der Waals surface area contributed by atoms with Gasteiger partial charge in [0.15, 0.2) is 0 Å². The molecule has 1 atom stereocenters. The van der Waals surface area contributed by atoms with Gasteiger partial charge in [-0.3, -0.25) is 14.4 Å². The number of para-hydroxylation sites is 1. The lowest BCUT2D eigenvalue weighted by molar-refractivity contribution is -0.120. The van der Waals surface area contributed by atoms with E-state index in [1.54, 1.807) is 12.7 Å². The van der Waals surface area contributed by atoms with Gasteiger partial charge in [-0.25, -0.2) is 4.98 Å². The molecule has 1 unspecified atom stereocenters. The molecule has 2 aliphatic rings. The molecular formula is C18H23N5O. The molecule has 0 saturated carbocycles. The summed E-state index contributed by atoms with van der Waals surface area (Å²) in [7, 11) is 0. The standard InChI is InChI=1S/C18H23N5O/c24-18(23-10-3-6-15-5-1-2-8-17(15)23)12-21-9-4-7-16(21)11-22-14-19-13-20-22/h1-2,5,8,13-14,16H,3-4,6-7,9-12H2. The summed E-state index contributed by atoms with van der Waals surface area (Å²) in [6.45, 7) is 3.12. The van der Waals surface area contributed by atoms with Gasteiger partial charge in [-0.1, -0.05) is 18.2 Å². The zero-order chi connectivity index (χ0) is 16.4. The predicted octanol–water partition coefficient (Wildman–Crippen LogP) is 1.72. The molecule has 1 fully saturated rings. The average Bonchev–Trinajstić information content (AvgIpc) is 3.27. The topological polar surface area (TPSA) is 54.3 Å². The van der Waals surface area contributed by atoms with Crippen molar-refractivity contribution in [3.63, 3.8) is 0 Å². The van der Waals surface area contributed by atoms with Crippen LogP contribution in [-0.4, -0.2) is 51.2 Å². The molecule has 0 N–H and O–H groups in total. The molecule has 3 heterocycles. The first kappa shape index (κ1) is 15.3. The molecule has 0 bridgehead atoms. The number of carbonyl (C=O) groups excluding carboxylic acids is 1. The van der Waals surface area contributed by atoms with Gasteiger partial charge in [0.05, 0.1) is 13.1 Å². The highest BCUT2D eigenvalue weighted by atomic mass is 16.2. The first-order chi connectivity index (χ1) is 11.8. The Morgan fingerprint density at radius 1 is 1.21 bits per heavy atom. The molecule has 2 aromatic rings. The number of nitrogens with zero attached hydrogens (tertiary/aromatic N) is 5. The number of fused-ring (bicyclic) bond motifs is 1. The number of carbonyl (C=O) groups is 1. The third-order valence-electron chi connectivity index (χ3n) is 5.11. The molecule has 2 aliphatic heterocycles. The second-order valence-corrected chi connectivity index (χ2v) is 6.66. The van der Waals surface area contributed by atoms with Gasteiger partial charge >= 0.3 is 0 Å². The molecule has 1 amide bonds. The van der Waals surface area contributed by atoms with E-state index in [4.69, 9.17) is 0 Å². The van der Waals surface area contributed by atoms with Crippen LogP contribution in [0.1, 0.15) is 24.8 Å². The molecule has 1 aromatic heterocycles. The molecule has 1 saturated heterocycles. The van der Waals surface area contributed by atoms with Crippen molar-refractivity contribution in [1.29, 1.82) is 0 Å². The molecule has 1 aromatic carbocycles. The molecular weight excluding hydrogens is 302 g/mol. The van der Waals surface area contributed by atoms with Crippen LogP contribution in [0.25, 0.3) is 0 Å². The minimum Gasteiger partial charge on any atom is -0.311 e. The zero-order valence-corrected chi connectivity index (χ0v) is 13.8. The van der Waals surface area contributed by atoms with Crippen LogP contribution in [0.2, 0.25) is 0 Å². The maximum absolute atomic E-state index is 12.9. The van der Waals surface area contributed by atoms with E-state index >= 15 is 0 Å². The average molecular weight is 325 g/mol. The SMILES string of the molecule is O=C(CN1CCCC1Cn1cncn1)N1CCCc2ccccc21. The second kappa shape index (κ2) is 6.73. The van der Waals surface area contributed by atoms with Crippen molar-refractivity contribution in [2.45, 2.75) is 38.3 Å². The number of aromatic nitrogens is 3. The summed E-state index contributed by atoms with van der Waals surface area (Å²) < 4.78 is 1.86. The smallest absolute Gasteiger partial charge is 0.241 e. The number of anilines is 1. The maximum atomic E-state index is 12.9. The molecule has 0 radical (unpaired) electrons.